The summed E-state index contributed by atoms with van der Waals surface area (Å²) in [6.07, 6.45) is 0.613. The summed E-state index contributed by atoms with van der Waals surface area (Å²) in [5.41, 5.74) is 6.85. The van der Waals surface area contributed by atoms with Crippen molar-refractivity contribution < 1.29 is 13.2 Å². The van der Waals surface area contributed by atoms with Crippen LogP contribution >= 0.6 is 0 Å². The molecule has 3 rings (SSSR count). The quantitative estimate of drug-likeness (QED) is 0.797. The number of carbonyl (C=O) groups is 1. The Labute approximate surface area is 174 Å². The van der Waals surface area contributed by atoms with Crippen molar-refractivity contribution in [2.45, 2.75) is 60.0 Å². The maximum absolute atomic E-state index is 12.9. The van der Waals surface area contributed by atoms with Gasteiger partial charge in [0.1, 0.15) is 0 Å². The maximum atomic E-state index is 12.9. The highest BCUT2D eigenvalue weighted by atomic mass is 32.2. The lowest BCUT2D eigenvalue weighted by atomic mass is 9.96. The molecule has 0 bridgehead atoms. The molecule has 156 valence electrons. The monoisotopic (exact) mass is 414 g/mol. The van der Waals surface area contributed by atoms with E-state index in [1.54, 1.807) is 19.1 Å². The number of benzene rings is 2. The van der Waals surface area contributed by atoms with Crippen molar-refractivity contribution in [2.24, 2.45) is 0 Å². The summed E-state index contributed by atoms with van der Waals surface area (Å²) >= 11 is 0. The van der Waals surface area contributed by atoms with Crippen LogP contribution in [-0.4, -0.2) is 26.1 Å². The molecule has 29 heavy (non-hydrogen) atoms. The van der Waals surface area contributed by atoms with Crippen LogP contribution in [0.5, 0.6) is 0 Å². The second-order valence-electron chi connectivity index (χ2n) is 8.08. The Morgan fingerprint density at radius 1 is 1.14 bits per heavy atom. The SMILES string of the molecule is CCS(=O)(=O)N1c2ccc(C(=O)N[C@@H](C)c3cc(C)c(C)cc3C)cc2C[C@@H]1C. The minimum Gasteiger partial charge on any atom is -0.346 e. The number of hydrogen-bond donors (Lipinski definition) is 1. The molecule has 1 aliphatic heterocycles. The van der Waals surface area contributed by atoms with Crippen molar-refractivity contribution in [3.63, 3.8) is 0 Å². The number of anilines is 1. The molecule has 1 aliphatic rings. The molecule has 0 spiro atoms. The first-order chi connectivity index (χ1) is 13.5. The number of carbonyl (C=O) groups excluding carboxylic acids is 1. The minimum atomic E-state index is -3.33. The molecule has 0 unspecified atom stereocenters. The van der Waals surface area contributed by atoms with E-state index in [4.69, 9.17) is 0 Å². The largest absolute Gasteiger partial charge is 0.346 e. The fourth-order valence-electron chi connectivity index (χ4n) is 4.11. The fraction of sp³-hybridized carbons (Fsp3) is 0.435. The predicted octanol–water partition coefficient (Wildman–Crippen LogP) is 4.20. The van der Waals surface area contributed by atoms with Gasteiger partial charge < -0.3 is 5.32 Å². The second-order valence-corrected chi connectivity index (χ2v) is 10.2. The van der Waals surface area contributed by atoms with E-state index in [1.165, 1.54) is 15.4 Å². The van der Waals surface area contributed by atoms with Crippen LogP contribution in [0.15, 0.2) is 30.3 Å². The zero-order valence-electron chi connectivity index (χ0n) is 18.0. The Hall–Kier alpha value is -2.34. The van der Waals surface area contributed by atoms with Gasteiger partial charge in [0, 0.05) is 11.6 Å². The Balaban J connectivity index is 1.83. The average Bonchev–Trinajstić information content (AvgIpc) is 3.00. The number of amides is 1. The predicted molar refractivity (Wildman–Crippen MR) is 118 cm³/mol. The molecule has 5 nitrogen and oxygen atoms in total. The van der Waals surface area contributed by atoms with Crippen molar-refractivity contribution in [2.75, 3.05) is 10.1 Å². The summed E-state index contributed by atoms with van der Waals surface area (Å²) in [7, 11) is -3.33. The number of fused-ring (bicyclic) bond motifs is 1. The van der Waals surface area contributed by atoms with Gasteiger partial charge >= 0.3 is 0 Å². The summed E-state index contributed by atoms with van der Waals surface area (Å²) in [5.74, 6) is -0.0892. The van der Waals surface area contributed by atoms with E-state index in [2.05, 4.69) is 38.2 Å². The lowest BCUT2D eigenvalue weighted by Gasteiger charge is -2.23. The van der Waals surface area contributed by atoms with Crippen molar-refractivity contribution >= 4 is 21.6 Å². The van der Waals surface area contributed by atoms with Gasteiger partial charge in [-0.2, -0.15) is 0 Å². The summed E-state index contributed by atoms with van der Waals surface area (Å²) < 4.78 is 26.3. The molecule has 2 aromatic rings. The van der Waals surface area contributed by atoms with Gasteiger partial charge in [0.2, 0.25) is 10.0 Å². The van der Waals surface area contributed by atoms with E-state index in [-0.39, 0.29) is 23.7 Å². The van der Waals surface area contributed by atoms with E-state index in [1.807, 2.05) is 19.9 Å². The smallest absolute Gasteiger partial charge is 0.251 e. The number of rotatable bonds is 5. The van der Waals surface area contributed by atoms with Gasteiger partial charge in [0.25, 0.3) is 5.91 Å². The summed E-state index contributed by atoms with van der Waals surface area (Å²) in [6, 6.07) is 9.32. The number of sulfonamides is 1. The molecule has 1 amide bonds. The second kappa shape index (κ2) is 7.82. The molecule has 0 aliphatic carbocycles. The van der Waals surface area contributed by atoms with E-state index >= 15 is 0 Å². The topological polar surface area (TPSA) is 66.5 Å². The van der Waals surface area contributed by atoms with Gasteiger partial charge in [-0.3, -0.25) is 9.10 Å². The number of hydrogen-bond acceptors (Lipinski definition) is 3. The van der Waals surface area contributed by atoms with Crippen LogP contribution < -0.4 is 9.62 Å². The van der Waals surface area contributed by atoms with Gasteiger partial charge in [0.05, 0.1) is 17.5 Å². The highest BCUT2D eigenvalue weighted by molar-refractivity contribution is 7.92. The van der Waals surface area contributed by atoms with E-state index < -0.39 is 10.0 Å². The third kappa shape index (κ3) is 4.04. The van der Waals surface area contributed by atoms with Crippen LogP contribution in [0, 0.1) is 20.8 Å². The molecular weight excluding hydrogens is 384 g/mol. The molecule has 0 aromatic heterocycles. The van der Waals surface area contributed by atoms with E-state index in [9.17, 15) is 13.2 Å². The number of nitrogens with one attached hydrogen (secondary N) is 1. The van der Waals surface area contributed by atoms with Gasteiger partial charge in [-0.15, -0.1) is 0 Å². The minimum absolute atomic E-state index is 0.0614. The molecule has 0 radical (unpaired) electrons. The molecule has 1 N–H and O–H groups in total. The van der Waals surface area contributed by atoms with Gasteiger partial charge in [-0.05, 0) is 94.0 Å². The number of nitrogens with zero attached hydrogens (tertiary/aromatic N) is 1. The first-order valence-corrected chi connectivity index (χ1v) is 11.7. The van der Waals surface area contributed by atoms with Crippen molar-refractivity contribution in [1.82, 2.24) is 5.32 Å². The third-order valence-corrected chi connectivity index (χ3v) is 7.74. The Morgan fingerprint density at radius 2 is 1.79 bits per heavy atom. The van der Waals surface area contributed by atoms with Crippen LogP contribution in [0.2, 0.25) is 0 Å². The molecule has 1 heterocycles. The van der Waals surface area contributed by atoms with Crippen molar-refractivity contribution in [3.8, 4) is 0 Å². The lowest BCUT2D eigenvalue weighted by Crippen LogP contribution is -2.36. The molecule has 0 saturated heterocycles. The highest BCUT2D eigenvalue weighted by Crippen LogP contribution is 2.35. The molecular formula is C23H30N2O3S. The molecule has 2 atom stereocenters. The maximum Gasteiger partial charge on any atom is 0.251 e. The average molecular weight is 415 g/mol. The van der Waals surface area contributed by atoms with Crippen LogP contribution in [0.25, 0.3) is 0 Å². The Kier molecular flexibility index (Phi) is 5.77. The fourth-order valence-corrected chi connectivity index (χ4v) is 5.49. The third-order valence-electron chi connectivity index (χ3n) is 5.86. The first kappa shape index (κ1) is 21.4. The van der Waals surface area contributed by atoms with Gasteiger partial charge in [-0.25, -0.2) is 8.42 Å². The van der Waals surface area contributed by atoms with Crippen LogP contribution in [0.1, 0.15) is 65.0 Å². The molecule has 0 fully saturated rings. The van der Waals surface area contributed by atoms with Crippen molar-refractivity contribution in [1.29, 1.82) is 0 Å². The highest BCUT2D eigenvalue weighted by Gasteiger charge is 2.34. The zero-order chi connectivity index (χ0) is 21.5. The van der Waals surface area contributed by atoms with Crippen LogP contribution in [0.3, 0.4) is 0 Å². The van der Waals surface area contributed by atoms with Crippen LogP contribution in [0.4, 0.5) is 5.69 Å². The van der Waals surface area contributed by atoms with Gasteiger partial charge in [0.15, 0.2) is 0 Å². The summed E-state index contributed by atoms with van der Waals surface area (Å²) in [6.45, 7) is 11.8. The first-order valence-electron chi connectivity index (χ1n) is 10.1. The molecule has 6 heteroatoms. The molecule has 0 saturated carbocycles. The molecule has 2 aromatic carbocycles. The number of aryl methyl sites for hydroxylation is 3. The van der Waals surface area contributed by atoms with E-state index in [0.717, 1.165) is 16.7 Å². The summed E-state index contributed by atoms with van der Waals surface area (Å²) in [5, 5.41) is 3.08. The standard InChI is InChI=1S/C23H30N2O3S/c1-7-29(27,28)25-17(5)12-20-13-19(8-9-22(20)25)23(26)24-18(6)21-11-15(3)14(2)10-16(21)4/h8-11,13,17-18H,7,12H2,1-6H3,(H,24,26)/t17-,18-/m0/s1. The lowest BCUT2D eigenvalue weighted by molar-refractivity contribution is 0.0939. The zero-order valence-corrected chi connectivity index (χ0v) is 18.9. The van der Waals surface area contributed by atoms with Crippen molar-refractivity contribution in [3.05, 3.63) is 63.7 Å². The summed E-state index contributed by atoms with van der Waals surface area (Å²) in [4.78, 5) is 12.9. The normalized spacial score (nSPS) is 17.2. The Morgan fingerprint density at radius 3 is 2.45 bits per heavy atom. The Bertz CT molecular complexity index is 1060. The van der Waals surface area contributed by atoms with Gasteiger partial charge in [-0.1, -0.05) is 12.1 Å². The van der Waals surface area contributed by atoms with Crippen LogP contribution in [-0.2, 0) is 16.4 Å². The van der Waals surface area contributed by atoms with E-state index in [0.29, 0.717) is 17.7 Å².